The molecule has 0 unspecified atom stereocenters. The highest BCUT2D eigenvalue weighted by Gasteiger charge is 2.23. The summed E-state index contributed by atoms with van der Waals surface area (Å²) in [5.41, 5.74) is -4.14. The van der Waals surface area contributed by atoms with Crippen LogP contribution in [0.3, 0.4) is 0 Å². The summed E-state index contributed by atoms with van der Waals surface area (Å²) in [5.74, 6) is -11.1. The summed E-state index contributed by atoms with van der Waals surface area (Å²) in [6.07, 6.45) is 0. The van der Waals surface area contributed by atoms with E-state index in [4.69, 9.17) is 30.6 Å². The average molecular weight is 452 g/mol. The number of phenols is 2. The van der Waals surface area contributed by atoms with E-state index >= 15 is 0 Å². The minimum absolute atomic E-state index is 0.500. The van der Waals surface area contributed by atoms with Gasteiger partial charge < -0.3 is 40.9 Å². The van der Waals surface area contributed by atoms with Crippen LogP contribution in [-0.4, -0.2) is 76.7 Å². The monoisotopic (exact) mass is 452 g/mol. The maximum atomic E-state index is 10.7. The smallest absolute Gasteiger partial charge is 0.340 e. The highest BCUT2D eigenvalue weighted by atomic mass is 16.4. The van der Waals surface area contributed by atoms with Gasteiger partial charge in [-0.3, -0.25) is 0 Å². The van der Waals surface area contributed by atoms with E-state index in [1.165, 1.54) is 0 Å². The van der Waals surface area contributed by atoms with Crippen LogP contribution in [0.4, 0.5) is 0 Å². The van der Waals surface area contributed by atoms with E-state index in [1.54, 1.807) is 0 Å². The first-order chi connectivity index (χ1) is 14.7. The van der Waals surface area contributed by atoms with Crippen molar-refractivity contribution in [3.63, 3.8) is 0 Å². The molecule has 0 spiro atoms. The van der Waals surface area contributed by atoms with Crippen LogP contribution < -0.4 is 0 Å². The van der Waals surface area contributed by atoms with Crippen molar-refractivity contribution in [2.45, 2.75) is 0 Å². The van der Waals surface area contributed by atoms with Crippen molar-refractivity contribution >= 4 is 35.8 Å². The first-order valence-electron chi connectivity index (χ1n) is 7.82. The molecule has 0 radical (unpaired) electrons. The highest BCUT2D eigenvalue weighted by Crippen LogP contribution is 2.24. The Morgan fingerprint density at radius 1 is 0.438 bits per heavy atom. The van der Waals surface area contributed by atoms with E-state index in [0.29, 0.717) is 24.3 Å². The molecule has 14 heteroatoms. The predicted molar refractivity (Wildman–Crippen MR) is 98.0 cm³/mol. The molecule has 168 valence electrons. The summed E-state index contributed by atoms with van der Waals surface area (Å²) < 4.78 is 0. The van der Waals surface area contributed by atoms with E-state index in [1.807, 2.05) is 0 Å². The van der Waals surface area contributed by atoms with Crippen molar-refractivity contribution < 1.29 is 69.6 Å². The first-order valence-corrected chi connectivity index (χ1v) is 7.82. The summed E-state index contributed by atoms with van der Waals surface area (Å²) in [4.78, 5) is 63.8. The Morgan fingerprint density at radius 2 is 0.875 bits per heavy atom. The van der Waals surface area contributed by atoms with E-state index in [0.717, 1.165) is 0 Å². The second-order valence-electron chi connectivity index (χ2n) is 5.66. The number of aromatic carboxylic acids is 6. The molecule has 8 N–H and O–H groups in total. The van der Waals surface area contributed by atoms with Crippen LogP contribution in [0.25, 0.3) is 0 Å². The standard InChI is InChI=1S/2C9H6O7/c10-6-2-4(8(13)14)3(7(11)12)1-5(6)9(15)16;10-5-2-3(7(11)12)1-4(8(13)14)6(5)9(15)16/h2*1-2,10H,(H,11,12)(H,13,14)(H,15,16). The quantitative estimate of drug-likeness (QED) is 0.303. The van der Waals surface area contributed by atoms with Crippen LogP contribution in [-0.2, 0) is 0 Å². The topological polar surface area (TPSA) is 264 Å². The Morgan fingerprint density at radius 3 is 1.25 bits per heavy atom. The number of rotatable bonds is 6. The Hall–Kier alpha value is -5.14. The summed E-state index contributed by atoms with van der Waals surface area (Å²) in [6.45, 7) is 0. The fourth-order valence-corrected chi connectivity index (χ4v) is 2.26. The lowest BCUT2D eigenvalue weighted by Gasteiger charge is -2.05. The molecule has 0 aliphatic carbocycles. The molecule has 2 rings (SSSR count). The molecule has 0 aliphatic heterocycles. The maximum Gasteiger partial charge on any atom is 0.340 e. The molecular formula is C18H12O14. The van der Waals surface area contributed by atoms with Gasteiger partial charge in [0.15, 0.2) is 0 Å². The lowest BCUT2D eigenvalue weighted by atomic mass is 10.0. The van der Waals surface area contributed by atoms with E-state index in [-0.39, 0.29) is 0 Å². The summed E-state index contributed by atoms with van der Waals surface area (Å²) in [7, 11) is 0. The first kappa shape index (κ1) is 24.9. The minimum Gasteiger partial charge on any atom is -0.507 e. The van der Waals surface area contributed by atoms with Gasteiger partial charge in [0.1, 0.15) is 22.6 Å². The third-order valence-electron chi connectivity index (χ3n) is 3.64. The zero-order chi connectivity index (χ0) is 24.9. The van der Waals surface area contributed by atoms with Crippen LogP contribution in [0.2, 0.25) is 0 Å². The fraction of sp³-hybridized carbons (Fsp3) is 0. The van der Waals surface area contributed by atoms with E-state index in [9.17, 15) is 39.0 Å². The van der Waals surface area contributed by atoms with Crippen molar-refractivity contribution in [3.8, 4) is 11.5 Å². The molecule has 0 heterocycles. The van der Waals surface area contributed by atoms with Crippen molar-refractivity contribution in [2.24, 2.45) is 0 Å². The lowest BCUT2D eigenvalue weighted by Crippen LogP contribution is -2.10. The van der Waals surface area contributed by atoms with E-state index < -0.39 is 80.7 Å². The van der Waals surface area contributed by atoms with Crippen LogP contribution in [0, 0.1) is 0 Å². The van der Waals surface area contributed by atoms with Gasteiger partial charge in [-0.1, -0.05) is 0 Å². The SMILES string of the molecule is O=C(O)c1cc(C(=O)O)c(C(=O)O)cc1O.O=C(O)c1cc(O)c(C(=O)O)c(C(=O)O)c1. The zero-order valence-electron chi connectivity index (χ0n) is 15.3. The molecule has 0 aromatic heterocycles. The van der Waals surface area contributed by atoms with Crippen molar-refractivity contribution in [1.82, 2.24) is 0 Å². The second-order valence-corrected chi connectivity index (χ2v) is 5.66. The summed E-state index contributed by atoms with van der Waals surface area (Å²) >= 11 is 0. The normalized spacial score (nSPS) is 9.75. The highest BCUT2D eigenvalue weighted by molar-refractivity contribution is 6.06. The molecule has 0 saturated heterocycles. The zero-order valence-corrected chi connectivity index (χ0v) is 15.3. The van der Waals surface area contributed by atoms with Crippen LogP contribution in [0.5, 0.6) is 11.5 Å². The van der Waals surface area contributed by atoms with Crippen molar-refractivity contribution in [1.29, 1.82) is 0 Å². The molecule has 32 heavy (non-hydrogen) atoms. The van der Waals surface area contributed by atoms with Crippen molar-refractivity contribution in [2.75, 3.05) is 0 Å². The van der Waals surface area contributed by atoms with Gasteiger partial charge in [-0.2, -0.15) is 0 Å². The number of hydrogen-bond donors (Lipinski definition) is 8. The van der Waals surface area contributed by atoms with Gasteiger partial charge in [0.2, 0.25) is 0 Å². The van der Waals surface area contributed by atoms with Gasteiger partial charge in [-0.25, -0.2) is 28.8 Å². The third-order valence-corrected chi connectivity index (χ3v) is 3.64. The third kappa shape index (κ3) is 5.47. The van der Waals surface area contributed by atoms with E-state index in [2.05, 4.69) is 0 Å². The molecule has 0 aliphatic rings. The van der Waals surface area contributed by atoms with Gasteiger partial charge in [-0.05, 0) is 24.3 Å². The molecule has 0 fully saturated rings. The van der Waals surface area contributed by atoms with Gasteiger partial charge in [0, 0.05) is 0 Å². The number of aromatic hydroxyl groups is 2. The predicted octanol–water partition coefficient (Wildman–Crippen LogP) is 0.974. The van der Waals surface area contributed by atoms with Gasteiger partial charge >= 0.3 is 35.8 Å². The molecule has 2 aromatic carbocycles. The second kappa shape index (κ2) is 9.57. The minimum atomic E-state index is -1.65. The largest absolute Gasteiger partial charge is 0.507 e. The Balaban J connectivity index is 0.000000320. The molecule has 0 saturated carbocycles. The van der Waals surface area contributed by atoms with Crippen LogP contribution in [0.15, 0.2) is 24.3 Å². The Kier molecular flexibility index (Phi) is 7.45. The number of benzene rings is 2. The maximum absolute atomic E-state index is 10.7. The van der Waals surface area contributed by atoms with Gasteiger partial charge in [-0.15, -0.1) is 0 Å². The molecule has 2 aromatic rings. The molecule has 0 atom stereocenters. The Labute approximate surface area is 175 Å². The lowest BCUT2D eigenvalue weighted by molar-refractivity contribution is 0.0645. The van der Waals surface area contributed by atoms with Crippen LogP contribution in [0.1, 0.15) is 62.1 Å². The number of carbonyl (C=O) groups is 6. The summed E-state index contributed by atoms with van der Waals surface area (Å²) in [6, 6.07) is 2.55. The van der Waals surface area contributed by atoms with Gasteiger partial charge in [0.05, 0.1) is 22.3 Å². The molecular weight excluding hydrogens is 440 g/mol. The van der Waals surface area contributed by atoms with Crippen LogP contribution >= 0.6 is 0 Å². The molecule has 0 bridgehead atoms. The van der Waals surface area contributed by atoms with Gasteiger partial charge in [0.25, 0.3) is 0 Å². The average Bonchev–Trinajstić information content (AvgIpc) is 2.66. The number of hydrogen-bond acceptors (Lipinski definition) is 8. The molecule has 0 amide bonds. The number of carboxylic acid groups (broad SMARTS) is 6. The Bertz CT molecular complexity index is 1160. The fourth-order valence-electron chi connectivity index (χ4n) is 2.26. The van der Waals surface area contributed by atoms with Crippen molar-refractivity contribution in [3.05, 3.63) is 57.6 Å². The molecule has 14 nitrogen and oxygen atoms in total. The summed E-state index contributed by atoms with van der Waals surface area (Å²) in [5, 5.41) is 70.3. The number of carboxylic acids is 6.